The molecule has 2 N–H and O–H groups in total. The molecule has 5 aromatic rings. The first kappa shape index (κ1) is 23.3. The molecule has 0 aliphatic heterocycles. The number of H-pyrrole nitrogens is 1. The predicted molar refractivity (Wildman–Crippen MR) is 123 cm³/mol. The molecule has 0 saturated carbocycles. The van der Waals surface area contributed by atoms with Crippen molar-refractivity contribution in [2.24, 2.45) is 0 Å². The summed E-state index contributed by atoms with van der Waals surface area (Å²) in [7, 11) is 0. The van der Waals surface area contributed by atoms with Crippen LogP contribution in [0.3, 0.4) is 0 Å². The molecule has 36 heavy (non-hydrogen) atoms. The van der Waals surface area contributed by atoms with E-state index >= 15 is 0 Å². The molecule has 0 spiro atoms. The number of para-hydroxylation sites is 1. The SMILES string of the molecule is N#Cc1c(-c2ccc(C(F)(F)F)cc2)c(-c2ccc(C(F)(F)F)cc2)c2[nH]c3ccccc3c2c1O. The highest BCUT2D eigenvalue weighted by Gasteiger charge is 2.32. The van der Waals surface area contributed by atoms with Crippen LogP contribution in [0.1, 0.15) is 16.7 Å². The first-order valence-electron chi connectivity index (χ1n) is 10.6. The van der Waals surface area contributed by atoms with Gasteiger partial charge in [0.1, 0.15) is 17.4 Å². The van der Waals surface area contributed by atoms with Gasteiger partial charge >= 0.3 is 12.4 Å². The van der Waals surface area contributed by atoms with Crippen LogP contribution in [0.2, 0.25) is 0 Å². The number of aromatic nitrogens is 1. The van der Waals surface area contributed by atoms with Crippen molar-refractivity contribution in [3.05, 3.63) is 89.5 Å². The minimum absolute atomic E-state index is 0.0996. The van der Waals surface area contributed by atoms with Gasteiger partial charge in [-0.25, -0.2) is 0 Å². The van der Waals surface area contributed by atoms with Gasteiger partial charge in [0.2, 0.25) is 0 Å². The summed E-state index contributed by atoms with van der Waals surface area (Å²) in [6.07, 6.45) is -9.16. The topological polar surface area (TPSA) is 59.8 Å². The maximum absolute atomic E-state index is 13.2. The van der Waals surface area contributed by atoms with Gasteiger partial charge in [-0.3, -0.25) is 0 Å². The summed E-state index contributed by atoms with van der Waals surface area (Å²) < 4.78 is 79.0. The summed E-state index contributed by atoms with van der Waals surface area (Å²) in [6, 6.07) is 17.1. The fourth-order valence-corrected chi connectivity index (χ4v) is 4.41. The molecule has 0 atom stereocenters. The van der Waals surface area contributed by atoms with Gasteiger partial charge in [0.15, 0.2) is 0 Å². The number of hydrogen-bond acceptors (Lipinski definition) is 2. The van der Waals surface area contributed by atoms with Crippen molar-refractivity contribution < 1.29 is 31.4 Å². The second-order valence-corrected chi connectivity index (χ2v) is 8.16. The quantitative estimate of drug-likeness (QED) is 0.242. The van der Waals surface area contributed by atoms with Crippen LogP contribution in [0.5, 0.6) is 5.75 Å². The maximum atomic E-state index is 13.2. The van der Waals surface area contributed by atoms with E-state index in [2.05, 4.69) is 4.98 Å². The Kier molecular flexibility index (Phi) is 5.21. The van der Waals surface area contributed by atoms with E-state index in [4.69, 9.17) is 0 Å². The van der Waals surface area contributed by atoms with Crippen molar-refractivity contribution in [2.75, 3.05) is 0 Å². The van der Waals surface area contributed by atoms with E-state index in [9.17, 15) is 36.7 Å². The average Bonchev–Trinajstić information content (AvgIpc) is 3.23. The number of aromatic amines is 1. The summed E-state index contributed by atoms with van der Waals surface area (Å²) in [5.74, 6) is -0.379. The number of nitrogens with zero attached hydrogens (tertiary/aromatic N) is 1. The fourth-order valence-electron chi connectivity index (χ4n) is 4.41. The zero-order valence-electron chi connectivity index (χ0n) is 18.1. The number of phenols is 1. The third-order valence-electron chi connectivity index (χ3n) is 6.04. The van der Waals surface area contributed by atoms with Crippen LogP contribution in [0.4, 0.5) is 26.3 Å². The minimum Gasteiger partial charge on any atom is -0.506 e. The number of halogens is 6. The minimum atomic E-state index is -4.59. The van der Waals surface area contributed by atoms with Crippen molar-refractivity contribution in [1.82, 2.24) is 4.98 Å². The van der Waals surface area contributed by atoms with Gasteiger partial charge in [-0.15, -0.1) is 0 Å². The Labute approximate surface area is 199 Å². The van der Waals surface area contributed by atoms with E-state index in [1.165, 1.54) is 24.3 Å². The summed E-state index contributed by atoms with van der Waals surface area (Å²) in [4.78, 5) is 3.16. The summed E-state index contributed by atoms with van der Waals surface area (Å²) in [6.45, 7) is 0. The fraction of sp³-hybridized carbons (Fsp3) is 0.0741. The Balaban J connectivity index is 1.90. The molecule has 0 saturated heterocycles. The zero-order chi connectivity index (χ0) is 25.8. The normalized spacial score (nSPS) is 12.2. The van der Waals surface area contributed by atoms with Gasteiger partial charge in [-0.2, -0.15) is 31.6 Å². The number of nitrogens with one attached hydrogen (secondary N) is 1. The molecule has 0 aliphatic rings. The molecule has 180 valence electrons. The number of benzene rings is 4. The molecule has 0 bridgehead atoms. The third-order valence-corrected chi connectivity index (χ3v) is 6.04. The number of aromatic hydroxyl groups is 1. The summed E-state index contributed by atoms with van der Waals surface area (Å²) >= 11 is 0. The second kappa shape index (κ2) is 8.05. The number of rotatable bonds is 2. The Morgan fingerprint density at radius 1 is 0.694 bits per heavy atom. The number of hydrogen-bond donors (Lipinski definition) is 2. The van der Waals surface area contributed by atoms with Crippen molar-refractivity contribution in [3.63, 3.8) is 0 Å². The maximum Gasteiger partial charge on any atom is 0.416 e. The van der Waals surface area contributed by atoms with Crippen LogP contribution in [0.25, 0.3) is 44.1 Å². The third kappa shape index (κ3) is 3.71. The molecule has 0 unspecified atom stereocenters. The molecule has 9 heteroatoms. The van der Waals surface area contributed by atoms with Crippen LogP contribution in [-0.2, 0) is 12.4 Å². The van der Waals surface area contributed by atoms with Crippen molar-refractivity contribution in [3.8, 4) is 34.1 Å². The van der Waals surface area contributed by atoms with E-state index in [1.807, 2.05) is 6.07 Å². The molecule has 0 radical (unpaired) electrons. The van der Waals surface area contributed by atoms with Gasteiger partial charge in [-0.05, 0) is 41.5 Å². The first-order chi connectivity index (χ1) is 17.0. The van der Waals surface area contributed by atoms with Crippen LogP contribution in [0, 0.1) is 11.3 Å². The number of fused-ring (bicyclic) bond motifs is 3. The highest BCUT2D eigenvalue weighted by molar-refractivity contribution is 6.19. The zero-order valence-corrected chi connectivity index (χ0v) is 18.1. The molecule has 1 heterocycles. The first-order valence-corrected chi connectivity index (χ1v) is 10.6. The van der Waals surface area contributed by atoms with Crippen molar-refractivity contribution in [1.29, 1.82) is 5.26 Å². The molecule has 0 amide bonds. The highest BCUT2D eigenvalue weighted by Crippen LogP contribution is 2.48. The molecular weight excluding hydrogens is 482 g/mol. The molecule has 5 rings (SSSR count). The Morgan fingerprint density at radius 2 is 1.19 bits per heavy atom. The van der Waals surface area contributed by atoms with E-state index < -0.39 is 23.5 Å². The standard InChI is InChI=1S/C27H14F6N2O/c28-26(29,30)16-9-5-14(6-10-16)21-19(13-34)25(36)23-18-3-1-2-4-20(18)35-24(23)22(21)15-7-11-17(12-8-15)27(31,32)33/h1-12,35-36H. The molecular formula is C27H14F6N2O. The van der Waals surface area contributed by atoms with Gasteiger partial charge < -0.3 is 10.1 Å². The number of alkyl halides is 6. The molecule has 3 nitrogen and oxygen atoms in total. The van der Waals surface area contributed by atoms with Crippen LogP contribution >= 0.6 is 0 Å². The van der Waals surface area contributed by atoms with Gasteiger partial charge in [-0.1, -0.05) is 42.5 Å². The average molecular weight is 496 g/mol. The largest absolute Gasteiger partial charge is 0.506 e. The van der Waals surface area contributed by atoms with Crippen LogP contribution < -0.4 is 0 Å². The van der Waals surface area contributed by atoms with Gasteiger partial charge in [0.25, 0.3) is 0 Å². The predicted octanol–water partition coefficient (Wildman–Crippen LogP) is 8.27. The van der Waals surface area contributed by atoms with Gasteiger partial charge in [0.05, 0.1) is 22.0 Å². The molecule has 1 aromatic heterocycles. The lowest BCUT2D eigenvalue weighted by molar-refractivity contribution is -0.138. The monoisotopic (exact) mass is 496 g/mol. The van der Waals surface area contributed by atoms with Gasteiger partial charge in [0, 0.05) is 22.0 Å². The number of nitriles is 1. The smallest absolute Gasteiger partial charge is 0.416 e. The van der Waals surface area contributed by atoms with E-state index in [-0.39, 0.29) is 39.0 Å². The molecule has 0 fully saturated rings. The molecule has 0 aliphatic carbocycles. The Morgan fingerprint density at radius 3 is 1.69 bits per heavy atom. The summed E-state index contributed by atoms with van der Waals surface area (Å²) in [5.41, 5.74) is -0.206. The lowest BCUT2D eigenvalue weighted by Crippen LogP contribution is -2.05. The van der Waals surface area contributed by atoms with Crippen molar-refractivity contribution >= 4 is 21.8 Å². The van der Waals surface area contributed by atoms with Crippen LogP contribution in [-0.4, -0.2) is 10.1 Å². The lowest BCUT2D eigenvalue weighted by Gasteiger charge is -2.17. The van der Waals surface area contributed by atoms with E-state index in [0.29, 0.717) is 16.4 Å². The Hall–Kier alpha value is -4.45. The summed E-state index contributed by atoms with van der Waals surface area (Å²) in [5, 5.41) is 22.0. The second-order valence-electron chi connectivity index (χ2n) is 8.16. The lowest BCUT2D eigenvalue weighted by atomic mass is 9.87. The molecule has 4 aromatic carbocycles. The van der Waals surface area contributed by atoms with E-state index in [0.717, 1.165) is 24.3 Å². The van der Waals surface area contributed by atoms with E-state index in [1.54, 1.807) is 24.3 Å². The Bertz CT molecular complexity index is 1660. The van der Waals surface area contributed by atoms with Crippen LogP contribution in [0.15, 0.2) is 72.8 Å². The number of phenolic OH excluding ortho intramolecular Hbond substituents is 1. The van der Waals surface area contributed by atoms with Crippen molar-refractivity contribution in [2.45, 2.75) is 12.4 Å². The highest BCUT2D eigenvalue weighted by atomic mass is 19.4.